The van der Waals surface area contributed by atoms with Crippen LogP contribution in [0.1, 0.15) is 19.4 Å². The zero-order valence-corrected chi connectivity index (χ0v) is 23.9. The minimum Gasteiger partial charge on any atom is -0.512 e. The Labute approximate surface area is 242 Å². The van der Waals surface area contributed by atoms with Crippen LogP contribution in [0.3, 0.4) is 0 Å². The Kier molecular flexibility index (Phi) is 8.38. The molecule has 40 heavy (non-hydrogen) atoms. The Morgan fingerprint density at radius 2 is 1.45 bits per heavy atom. The zero-order chi connectivity index (χ0) is 27.7. The van der Waals surface area contributed by atoms with Gasteiger partial charge in [-0.2, -0.15) is 13.2 Å². The van der Waals surface area contributed by atoms with E-state index in [1.54, 1.807) is 12.1 Å². The first kappa shape index (κ1) is 28.9. The van der Waals surface area contributed by atoms with E-state index < -0.39 is 11.7 Å². The summed E-state index contributed by atoms with van der Waals surface area (Å²) in [6.07, 6.45) is -3.20. The molecule has 0 amide bonds. The van der Waals surface area contributed by atoms with Crippen molar-refractivity contribution in [1.29, 1.82) is 0 Å². The smallest absolute Gasteiger partial charge is 0.416 e. The van der Waals surface area contributed by atoms with Crippen LogP contribution in [0.2, 0.25) is 0 Å². The maximum absolute atomic E-state index is 13.1. The first-order valence-electron chi connectivity index (χ1n) is 12.2. The average Bonchev–Trinajstić information content (AvgIpc) is 2.91. The molecule has 203 valence electrons. The van der Waals surface area contributed by atoms with E-state index in [1.165, 1.54) is 32.1 Å². The van der Waals surface area contributed by atoms with Crippen LogP contribution in [0.15, 0.2) is 103 Å². The molecule has 6 aromatic rings. The number of aliphatic hydroxyl groups excluding tert-OH is 1. The van der Waals surface area contributed by atoms with Crippen LogP contribution in [-0.4, -0.2) is 15.9 Å². The molecule has 3 nitrogen and oxygen atoms in total. The number of fused-ring (bicyclic) bond motifs is 6. The van der Waals surface area contributed by atoms with Crippen LogP contribution in [0, 0.1) is 6.07 Å². The van der Waals surface area contributed by atoms with Gasteiger partial charge in [-0.25, -0.2) is 0 Å². The topological polar surface area (TPSA) is 50.2 Å². The number of allylic oxidation sites excluding steroid dienone is 2. The number of benzene rings is 5. The third-order valence-corrected chi connectivity index (χ3v) is 6.36. The normalized spacial score (nSPS) is 11.8. The Morgan fingerprint density at radius 3 is 2.10 bits per heavy atom. The van der Waals surface area contributed by atoms with Gasteiger partial charge in [0.2, 0.25) is 0 Å². The van der Waals surface area contributed by atoms with Gasteiger partial charge in [-0.1, -0.05) is 88.5 Å². The molecule has 0 aliphatic carbocycles. The minimum atomic E-state index is -4.36. The van der Waals surface area contributed by atoms with Crippen molar-refractivity contribution < 1.29 is 43.2 Å². The van der Waals surface area contributed by atoms with E-state index in [0.29, 0.717) is 5.39 Å². The first-order chi connectivity index (χ1) is 18.6. The quantitative estimate of drug-likeness (QED) is 0.0843. The maximum Gasteiger partial charge on any atom is 0.416 e. The maximum atomic E-state index is 13.1. The largest absolute Gasteiger partial charge is 0.512 e. The molecule has 5 aromatic carbocycles. The molecule has 0 aliphatic heterocycles. The van der Waals surface area contributed by atoms with E-state index in [9.17, 15) is 18.0 Å². The van der Waals surface area contributed by atoms with Crippen LogP contribution in [0.25, 0.3) is 54.5 Å². The van der Waals surface area contributed by atoms with Crippen molar-refractivity contribution in [2.45, 2.75) is 20.0 Å². The van der Waals surface area contributed by atoms with E-state index in [2.05, 4.69) is 24.3 Å². The van der Waals surface area contributed by atoms with E-state index >= 15 is 0 Å². The van der Waals surface area contributed by atoms with E-state index in [0.717, 1.165) is 55.2 Å². The fourth-order valence-electron chi connectivity index (χ4n) is 4.72. The van der Waals surface area contributed by atoms with Gasteiger partial charge in [0, 0.05) is 37.3 Å². The number of nitrogens with zero attached hydrogens (tertiary/aromatic N) is 1. The van der Waals surface area contributed by atoms with Gasteiger partial charge in [-0.3, -0.25) is 9.78 Å². The van der Waals surface area contributed by atoms with Crippen molar-refractivity contribution in [1.82, 2.24) is 4.98 Å². The summed E-state index contributed by atoms with van der Waals surface area (Å²) in [5.74, 6) is -0.0625. The molecule has 6 rings (SSSR count). The summed E-state index contributed by atoms with van der Waals surface area (Å²) in [5.41, 5.74) is 1.78. The molecule has 1 heterocycles. The second kappa shape index (κ2) is 11.6. The molecule has 0 atom stereocenters. The molecule has 0 fully saturated rings. The van der Waals surface area contributed by atoms with E-state index in [1.807, 2.05) is 42.5 Å². The van der Waals surface area contributed by atoms with Crippen molar-refractivity contribution in [3.63, 3.8) is 0 Å². The van der Waals surface area contributed by atoms with E-state index in [4.69, 9.17) is 10.1 Å². The summed E-state index contributed by atoms with van der Waals surface area (Å²) < 4.78 is 39.3. The van der Waals surface area contributed by atoms with Crippen LogP contribution < -0.4 is 0 Å². The van der Waals surface area contributed by atoms with E-state index in [-0.39, 0.29) is 31.6 Å². The molecule has 1 radical (unpaired) electrons. The monoisotopic (exact) mass is 715 g/mol. The molecule has 1 aromatic heterocycles. The number of hydrogen-bond donors (Lipinski definition) is 1. The molecule has 0 bridgehead atoms. The van der Waals surface area contributed by atoms with Crippen LogP contribution in [-0.2, 0) is 31.1 Å². The van der Waals surface area contributed by atoms with Gasteiger partial charge < -0.3 is 5.11 Å². The summed E-state index contributed by atoms with van der Waals surface area (Å²) in [5, 5.41) is 14.8. The second-order valence-corrected chi connectivity index (χ2v) is 9.25. The zero-order valence-electron chi connectivity index (χ0n) is 21.5. The number of hydrogen-bond acceptors (Lipinski definition) is 3. The number of ketones is 1. The standard InChI is InChI=1S/C28H15F3N.C5H8O2.Ir/c29-28(30,31)19-10-11-21-18(15-19)9-13-26-24(21)12-14-27(32-26)25-16-17-5-1-2-6-20(17)22-7-3-4-8-23(22)25;1-4(6)3-5(2)7;/h1-15H;3,6H,1-2H3;/q-1;;/b;4-3-;. The van der Waals surface area contributed by atoms with Crippen LogP contribution in [0.4, 0.5) is 13.2 Å². The Morgan fingerprint density at radius 1 is 0.800 bits per heavy atom. The summed E-state index contributed by atoms with van der Waals surface area (Å²) >= 11 is 0. The van der Waals surface area contributed by atoms with Gasteiger partial charge in [0.25, 0.3) is 0 Å². The van der Waals surface area contributed by atoms with Crippen molar-refractivity contribution >= 4 is 49.0 Å². The van der Waals surface area contributed by atoms with Gasteiger partial charge >= 0.3 is 6.18 Å². The SMILES string of the molecule is CC(=O)/C=C(/C)O.FC(F)(F)c1ccc2c(ccc3nc(-c4[c-]c5ccccc5c5ccccc45)ccc32)c1.[Ir]. The third kappa shape index (κ3) is 5.91. The number of alkyl halides is 3. The van der Waals surface area contributed by atoms with Crippen molar-refractivity contribution in [3.05, 3.63) is 114 Å². The molecule has 7 heteroatoms. The molecule has 0 spiro atoms. The van der Waals surface area contributed by atoms with Gasteiger partial charge in [0.05, 0.1) is 16.8 Å². The summed E-state index contributed by atoms with van der Waals surface area (Å²) in [6.45, 7) is 2.85. The predicted molar refractivity (Wildman–Crippen MR) is 151 cm³/mol. The minimum absolute atomic E-state index is 0. The fraction of sp³-hybridized carbons (Fsp3) is 0.0909. The average molecular weight is 715 g/mol. The molecule has 0 unspecified atom stereocenters. The first-order valence-corrected chi connectivity index (χ1v) is 12.2. The third-order valence-electron chi connectivity index (χ3n) is 6.36. The second-order valence-electron chi connectivity index (χ2n) is 9.25. The Hall–Kier alpha value is -4.06. The van der Waals surface area contributed by atoms with Crippen LogP contribution >= 0.6 is 0 Å². The molecular weight excluding hydrogens is 692 g/mol. The van der Waals surface area contributed by atoms with Crippen LogP contribution in [0.5, 0.6) is 0 Å². The molecular formula is C33H23F3IrNO2-. The number of carbonyl (C=O) groups excluding carboxylic acids is 1. The number of aromatic nitrogens is 1. The predicted octanol–water partition coefficient (Wildman–Crippen LogP) is 9.22. The van der Waals surface area contributed by atoms with Crippen molar-refractivity contribution in [2.75, 3.05) is 0 Å². The van der Waals surface area contributed by atoms with Gasteiger partial charge in [-0.05, 0) is 42.8 Å². The number of aliphatic hydroxyl groups is 1. The summed E-state index contributed by atoms with van der Waals surface area (Å²) in [4.78, 5) is 14.9. The Bertz CT molecular complexity index is 1910. The molecule has 0 saturated heterocycles. The Balaban J connectivity index is 0.000000413. The van der Waals surface area contributed by atoms with Crippen molar-refractivity contribution in [2.24, 2.45) is 0 Å². The molecule has 1 N–H and O–H groups in total. The fourth-order valence-corrected chi connectivity index (χ4v) is 4.72. The summed E-state index contributed by atoms with van der Waals surface area (Å²) in [7, 11) is 0. The number of carbonyl (C=O) groups is 1. The van der Waals surface area contributed by atoms with Gasteiger partial charge in [-0.15, -0.1) is 17.5 Å². The number of pyridine rings is 1. The summed E-state index contributed by atoms with van der Waals surface area (Å²) in [6, 6.07) is 31.0. The number of rotatable bonds is 2. The van der Waals surface area contributed by atoms with Crippen molar-refractivity contribution in [3.8, 4) is 11.3 Å². The molecule has 0 saturated carbocycles. The van der Waals surface area contributed by atoms with Gasteiger partial charge in [0.15, 0.2) is 5.78 Å². The number of halogens is 3. The molecule has 0 aliphatic rings. The van der Waals surface area contributed by atoms with Gasteiger partial charge in [0.1, 0.15) is 0 Å².